The van der Waals surface area contributed by atoms with Crippen LogP contribution in [-0.2, 0) is 14.4 Å². The Morgan fingerprint density at radius 3 is 2.42 bits per heavy atom. The number of carbonyl (C=O) groups is 2. The maximum Gasteiger partial charge on any atom is 0.362 e. The Bertz CT molecular complexity index is 893. The summed E-state index contributed by atoms with van der Waals surface area (Å²) in [5.74, 6) is -1.89. The lowest BCUT2D eigenvalue weighted by Crippen LogP contribution is -2.42. The van der Waals surface area contributed by atoms with Crippen molar-refractivity contribution in [3.05, 3.63) is 28.2 Å². The Kier molecular flexibility index (Phi) is 9.94. The lowest BCUT2D eigenvalue weighted by Gasteiger charge is -2.23. The van der Waals surface area contributed by atoms with Gasteiger partial charge in [-0.2, -0.15) is 5.26 Å². The van der Waals surface area contributed by atoms with Gasteiger partial charge in [0.05, 0.1) is 11.6 Å². The molecule has 168 valence electrons. The highest BCUT2D eigenvalue weighted by Crippen LogP contribution is 2.37. The molecule has 0 aliphatic rings. The Labute approximate surface area is 180 Å². The number of phenolic OH excluding ortho intramolecular Hbond substituents is 2. The van der Waals surface area contributed by atoms with Crippen LogP contribution in [0.1, 0.15) is 26.3 Å². The van der Waals surface area contributed by atoms with Gasteiger partial charge in [0.1, 0.15) is 11.6 Å². The average molecular weight is 434 g/mol. The van der Waals surface area contributed by atoms with E-state index in [2.05, 4.69) is 10.2 Å². The first-order valence-electron chi connectivity index (χ1n) is 9.64. The summed E-state index contributed by atoms with van der Waals surface area (Å²) in [6.07, 6.45) is 1.21. The zero-order chi connectivity index (χ0) is 23.6. The Hall–Kier alpha value is -3.65. The van der Waals surface area contributed by atoms with Gasteiger partial charge in [-0.15, -0.1) is 0 Å². The summed E-state index contributed by atoms with van der Waals surface area (Å²) in [6.45, 7) is 7.05. The number of aromatic hydroxyl groups is 2. The molecule has 0 radical (unpaired) electrons. The van der Waals surface area contributed by atoms with Crippen molar-refractivity contribution < 1.29 is 29.6 Å². The van der Waals surface area contributed by atoms with Crippen LogP contribution in [0.25, 0.3) is 6.08 Å². The predicted octanol–water partition coefficient (Wildman–Crippen LogP) is 1.24. The molecule has 31 heavy (non-hydrogen) atoms. The predicted molar refractivity (Wildman–Crippen MR) is 112 cm³/mol. The Balaban J connectivity index is 2.97. The maximum atomic E-state index is 12.8. The number of carbonyl (C=O) groups excluding carboxylic acids is 2. The first-order chi connectivity index (χ1) is 14.7. The fourth-order valence-corrected chi connectivity index (χ4v) is 2.70. The van der Waals surface area contributed by atoms with Gasteiger partial charge in [-0.3, -0.25) is 14.9 Å². The summed E-state index contributed by atoms with van der Waals surface area (Å²) in [6, 6.07) is 4.12. The normalized spacial score (nSPS) is 10.9. The molecule has 0 heterocycles. The van der Waals surface area contributed by atoms with Gasteiger partial charge in [0.2, 0.25) is 11.7 Å². The van der Waals surface area contributed by atoms with Gasteiger partial charge in [0.25, 0.3) is 10.8 Å². The molecule has 0 aromatic heterocycles. The standard InChI is InChI=1S/C20H27N5O6/c1-5-23(8-7-22-13-24(6-2)14(3)26)20(29)16(12-21)9-15-10-17(25(30)31-4)19(28)18(27)11-15/h9-11,22H,5-8,13H2,1-4H3,(H-,27,28,29,30)/p+1. The topological polar surface area (TPSA) is 146 Å². The summed E-state index contributed by atoms with van der Waals surface area (Å²) in [7, 11) is 1.08. The summed E-state index contributed by atoms with van der Waals surface area (Å²) >= 11 is 0. The number of phenols is 2. The fraction of sp³-hybridized carbons (Fsp3) is 0.450. The van der Waals surface area contributed by atoms with Crippen LogP contribution in [-0.4, -0.2) is 76.7 Å². The maximum absolute atomic E-state index is 12.8. The molecule has 0 unspecified atom stereocenters. The molecule has 1 aromatic carbocycles. The van der Waals surface area contributed by atoms with E-state index in [0.29, 0.717) is 32.8 Å². The van der Waals surface area contributed by atoms with Gasteiger partial charge >= 0.3 is 5.69 Å². The molecule has 11 nitrogen and oxygen atoms in total. The zero-order valence-electron chi connectivity index (χ0n) is 18.1. The van der Waals surface area contributed by atoms with Crippen molar-refractivity contribution in [2.75, 3.05) is 40.0 Å². The third-order valence-corrected chi connectivity index (χ3v) is 4.47. The largest absolute Gasteiger partial charge is 0.504 e. The smallest absolute Gasteiger partial charge is 0.362 e. The first-order valence-corrected chi connectivity index (χ1v) is 9.64. The number of hydrogen-bond acceptors (Lipinski definition) is 8. The second-order valence-electron chi connectivity index (χ2n) is 6.44. The molecule has 0 aliphatic carbocycles. The monoisotopic (exact) mass is 434 g/mol. The third kappa shape index (κ3) is 6.97. The summed E-state index contributed by atoms with van der Waals surface area (Å²) in [5, 5.41) is 32.2. The van der Waals surface area contributed by atoms with Gasteiger partial charge in [-0.25, -0.2) is 4.84 Å². The molecule has 2 amide bonds. The van der Waals surface area contributed by atoms with Crippen LogP contribution in [0.15, 0.2) is 17.7 Å². The number of hydrogen-bond donors (Lipinski definition) is 3. The first kappa shape index (κ1) is 25.4. The molecule has 3 N–H and O–H groups in total. The number of rotatable bonds is 11. The summed E-state index contributed by atoms with van der Waals surface area (Å²) < 4.78 is 0. The van der Waals surface area contributed by atoms with E-state index in [4.69, 9.17) is 0 Å². The van der Waals surface area contributed by atoms with E-state index in [0.717, 1.165) is 13.2 Å². The minimum atomic E-state index is -0.688. The van der Waals surface area contributed by atoms with Gasteiger partial charge < -0.3 is 20.0 Å². The molecule has 0 saturated heterocycles. The second kappa shape index (κ2) is 12.1. The third-order valence-electron chi connectivity index (χ3n) is 4.47. The van der Waals surface area contributed by atoms with Gasteiger partial charge in [-0.05, 0) is 31.6 Å². The van der Waals surface area contributed by atoms with Crippen LogP contribution in [0.4, 0.5) is 5.69 Å². The van der Waals surface area contributed by atoms with Crippen molar-refractivity contribution in [1.29, 1.82) is 5.26 Å². The number of nitrogens with zero attached hydrogens (tertiary/aromatic N) is 4. The molecule has 0 fully saturated rings. The van der Waals surface area contributed by atoms with E-state index < -0.39 is 17.4 Å². The number of nitriles is 1. The minimum absolute atomic E-state index is 0.00901. The molecule has 0 bridgehead atoms. The number of amides is 2. The van der Waals surface area contributed by atoms with Crippen molar-refractivity contribution >= 4 is 23.6 Å². The molecule has 0 aliphatic heterocycles. The Morgan fingerprint density at radius 2 is 1.90 bits per heavy atom. The van der Waals surface area contributed by atoms with Crippen molar-refractivity contribution in [2.24, 2.45) is 0 Å². The molecule has 0 saturated carbocycles. The highest BCUT2D eigenvalue weighted by molar-refractivity contribution is 6.01. The molecular formula is C20H28N5O6+. The highest BCUT2D eigenvalue weighted by Gasteiger charge is 2.25. The lowest BCUT2D eigenvalue weighted by atomic mass is 10.1. The van der Waals surface area contributed by atoms with E-state index >= 15 is 0 Å². The molecular weight excluding hydrogens is 406 g/mol. The molecule has 11 heteroatoms. The average Bonchev–Trinajstić information content (AvgIpc) is 2.75. The van der Waals surface area contributed by atoms with E-state index in [1.807, 2.05) is 13.0 Å². The quantitative estimate of drug-likeness (QED) is 0.118. The zero-order valence-corrected chi connectivity index (χ0v) is 18.1. The van der Waals surface area contributed by atoms with Crippen LogP contribution in [0.2, 0.25) is 0 Å². The summed E-state index contributed by atoms with van der Waals surface area (Å²) in [5.41, 5.74) is -0.435. The summed E-state index contributed by atoms with van der Waals surface area (Å²) in [4.78, 5) is 43.4. The molecule has 1 rings (SSSR count). The van der Waals surface area contributed by atoms with Crippen LogP contribution >= 0.6 is 0 Å². The van der Waals surface area contributed by atoms with Crippen LogP contribution in [0, 0.1) is 16.2 Å². The van der Waals surface area contributed by atoms with Crippen LogP contribution < -0.4 is 5.32 Å². The number of nitrogens with one attached hydrogen (secondary N) is 1. The Morgan fingerprint density at radius 1 is 1.26 bits per heavy atom. The molecule has 0 spiro atoms. The highest BCUT2D eigenvalue weighted by atomic mass is 16.8. The van der Waals surface area contributed by atoms with Gasteiger partial charge in [-0.1, -0.05) is 0 Å². The fourth-order valence-electron chi connectivity index (χ4n) is 2.70. The number of likely N-dealkylation sites (N-methyl/N-ethyl adjacent to an activating group) is 1. The van der Waals surface area contributed by atoms with Crippen molar-refractivity contribution in [2.45, 2.75) is 20.8 Å². The van der Waals surface area contributed by atoms with E-state index in [9.17, 15) is 30.0 Å². The van der Waals surface area contributed by atoms with Crippen molar-refractivity contribution in [3.8, 4) is 17.6 Å². The number of benzene rings is 1. The minimum Gasteiger partial charge on any atom is -0.504 e. The van der Waals surface area contributed by atoms with E-state index in [-0.39, 0.29) is 27.7 Å². The van der Waals surface area contributed by atoms with Crippen LogP contribution in [0.3, 0.4) is 0 Å². The van der Waals surface area contributed by atoms with E-state index in [1.165, 1.54) is 24.0 Å². The SMILES string of the molecule is CCN(CNCCN(CC)C(=O)/C(C#N)=C/c1cc(O)c(O)c([N+](=O)OC)c1)C(C)=O. The van der Waals surface area contributed by atoms with Crippen molar-refractivity contribution in [1.82, 2.24) is 15.1 Å². The van der Waals surface area contributed by atoms with Gasteiger partial charge in [0, 0.05) is 39.2 Å². The molecule has 0 atom stereocenters. The molecule has 1 aromatic rings. The van der Waals surface area contributed by atoms with Crippen molar-refractivity contribution in [3.63, 3.8) is 0 Å². The lowest BCUT2D eigenvalue weighted by molar-refractivity contribution is -0.736. The van der Waals surface area contributed by atoms with E-state index in [1.54, 1.807) is 11.8 Å². The van der Waals surface area contributed by atoms with Gasteiger partial charge in [0.15, 0.2) is 12.9 Å². The van der Waals surface area contributed by atoms with Crippen LogP contribution in [0.5, 0.6) is 11.5 Å². The second-order valence-corrected chi connectivity index (χ2v) is 6.44.